The third-order valence-corrected chi connectivity index (χ3v) is 13.0. The average Bonchev–Trinajstić information content (AvgIpc) is 3.43. The van der Waals surface area contributed by atoms with Crippen LogP contribution in [0.25, 0.3) is 0 Å². The maximum Gasteiger partial charge on any atom is 0.326 e. The second-order valence-corrected chi connectivity index (χ2v) is 22.1. The number of carbonyl (C=O) groups is 15. The molecule has 0 radical (unpaired) electrons. The Labute approximate surface area is 490 Å². The molecule has 33 heteroatoms. The minimum Gasteiger partial charge on any atom is -0.481 e. The van der Waals surface area contributed by atoms with E-state index < -0.39 is 219 Å². The van der Waals surface area contributed by atoms with E-state index in [1.54, 1.807) is 41.5 Å². The number of likely N-dealkylation sites (tertiary alicyclic amines) is 1. The van der Waals surface area contributed by atoms with Crippen LogP contribution in [0.1, 0.15) is 120 Å². The summed E-state index contributed by atoms with van der Waals surface area (Å²) in [5.74, 6) is -18.0. The zero-order chi connectivity index (χ0) is 65.2. The van der Waals surface area contributed by atoms with Gasteiger partial charge in [-0.25, -0.2) is 4.79 Å². The molecule has 0 aromatic heterocycles. The van der Waals surface area contributed by atoms with Gasteiger partial charge in [-0.15, -0.1) is 0 Å². The van der Waals surface area contributed by atoms with Gasteiger partial charge in [0.25, 0.3) is 0 Å². The SMILES string of the molecule is CC(C)C[C@H](NC(=O)[C@@H](N)CC(=O)O)C(=O)N[C@H](C(=O)N[C@H](C(=O)N[C@H](C(=O)N[C@@H](CO)C(=O)N[C@@H](CC(C)C)C(=O)N1CCC[C@H]1C(=O)NCC(=O)NCC(=O)N[C@@H](CCC(=O)O)C(=O)N[C@@H](CCC(=O)O)C(=O)O)C(C)C)[C@@H](C)O)C(C)C. The molecule has 18 N–H and O–H groups in total. The molecular formula is C52H86N12O21. The van der Waals surface area contributed by atoms with Gasteiger partial charge in [-0.05, 0) is 69.1 Å². The Bertz CT molecular complexity index is 2400. The number of nitrogens with zero attached hydrogens (tertiary/aromatic N) is 1. The van der Waals surface area contributed by atoms with Crippen molar-refractivity contribution in [1.82, 2.24) is 58.1 Å². The number of hydrogen-bond donors (Lipinski definition) is 17. The summed E-state index contributed by atoms with van der Waals surface area (Å²) in [6, 6.07) is -14.9. The van der Waals surface area contributed by atoms with E-state index in [2.05, 4.69) is 47.9 Å². The van der Waals surface area contributed by atoms with Crippen molar-refractivity contribution < 1.29 is 103 Å². The molecule has 1 fully saturated rings. The monoisotopic (exact) mass is 1210 g/mol. The number of nitrogens with one attached hydrogen (secondary N) is 10. The normalized spacial score (nSPS) is 16.6. The largest absolute Gasteiger partial charge is 0.481 e. The molecule has 11 amide bonds. The zero-order valence-electron chi connectivity index (χ0n) is 49.2. The van der Waals surface area contributed by atoms with E-state index in [9.17, 15) is 87.2 Å². The minimum atomic E-state index is -1.75. The summed E-state index contributed by atoms with van der Waals surface area (Å²) < 4.78 is 0. The Kier molecular flexibility index (Phi) is 32.3. The molecule has 0 bridgehead atoms. The van der Waals surface area contributed by atoms with E-state index in [4.69, 9.17) is 21.1 Å². The third-order valence-electron chi connectivity index (χ3n) is 13.0. The molecule has 480 valence electrons. The molecule has 33 nitrogen and oxygen atoms in total. The summed E-state index contributed by atoms with van der Waals surface area (Å²) in [5, 5.41) is 80.9. The number of aliphatic carboxylic acids is 4. The van der Waals surface area contributed by atoms with Crippen LogP contribution in [-0.2, 0) is 71.9 Å². The maximum atomic E-state index is 14.1. The molecule has 1 aliphatic heterocycles. The Hall–Kier alpha value is -8.07. The lowest BCUT2D eigenvalue weighted by atomic mass is 9.98. The van der Waals surface area contributed by atoms with Crippen molar-refractivity contribution >= 4 is 88.9 Å². The van der Waals surface area contributed by atoms with Gasteiger partial charge in [-0.3, -0.25) is 67.1 Å². The first-order chi connectivity index (χ1) is 39.5. The first kappa shape index (κ1) is 74.9. The van der Waals surface area contributed by atoms with Crippen LogP contribution in [-0.4, -0.2) is 217 Å². The van der Waals surface area contributed by atoms with Gasteiger partial charge < -0.3 is 94.4 Å². The highest BCUT2D eigenvalue weighted by atomic mass is 16.4. The fraction of sp³-hybridized carbons (Fsp3) is 0.712. The molecule has 11 atom stereocenters. The van der Waals surface area contributed by atoms with Crippen molar-refractivity contribution in [3.63, 3.8) is 0 Å². The summed E-state index contributed by atoms with van der Waals surface area (Å²) in [6.45, 7) is 11.7. The third kappa shape index (κ3) is 27.0. The first-order valence-corrected chi connectivity index (χ1v) is 27.7. The lowest BCUT2D eigenvalue weighted by molar-refractivity contribution is -0.144. The van der Waals surface area contributed by atoms with Crippen LogP contribution in [0.5, 0.6) is 0 Å². The number of hydrogen-bond acceptors (Lipinski definition) is 18. The molecule has 0 spiro atoms. The van der Waals surface area contributed by atoms with Crippen LogP contribution in [0.15, 0.2) is 0 Å². The number of aliphatic hydroxyl groups excluding tert-OH is 2. The van der Waals surface area contributed by atoms with Crippen LogP contribution < -0.4 is 58.9 Å². The molecule has 85 heavy (non-hydrogen) atoms. The Balaban J connectivity index is 3.12. The summed E-state index contributed by atoms with van der Waals surface area (Å²) in [6.07, 6.45) is -4.20. The van der Waals surface area contributed by atoms with Crippen molar-refractivity contribution in [1.29, 1.82) is 0 Å². The molecule has 0 aliphatic carbocycles. The number of amides is 11. The van der Waals surface area contributed by atoms with E-state index >= 15 is 0 Å². The summed E-state index contributed by atoms with van der Waals surface area (Å²) >= 11 is 0. The van der Waals surface area contributed by atoms with Gasteiger partial charge in [0.15, 0.2) is 0 Å². The number of carboxylic acids is 4. The van der Waals surface area contributed by atoms with Crippen LogP contribution in [0, 0.1) is 23.7 Å². The maximum absolute atomic E-state index is 14.1. The number of carboxylic acid groups (broad SMARTS) is 4. The Morgan fingerprint density at radius 2 is 0.929 bits per heavy atom. The van der Waals surface area contributed by atoms with Gasteiger partial charge in [0, 0.05) is 19.4 Å². The highest BCUT2D eigenvalue weighted by molar-refractivity contribution is 5.99. The second kappa shape index (κ2) is 36.6. The van der Waals surface area contributed by atoms with Gasteiger partial charge in [-0.1, -0.05) is 55.4 Å². The smallest absolute Gasteiger partial charge is 0.326 e. The number of aliphatic hydroxyl groups is 2. The van der Waals surface area contributed by atoms with Crippen molar-refractivity contribution in [3.05, 3.63) is 0 Å². The predicted molar refractivity (Wildman–Crippen MR) is 295 cm³/mol. The molecule has 0 unspecified atom stereocenters. The minimum absolute atomic E-state index is 0.00741. The van der Waals surface area contributed by atoms with Crippen LogP contribution >= 0.6 is 0 Å². The topological polar surface area (TPSA) is 527 Å². The fourth-order valence-electron chi connectivity index (χ4n) is 8.51. The number of carbonyl (C=O) groups excluding carboxylic acids is 11. The molecule has 0 saturated carbocycles. The Morgan fingerprint density at radius 1 is 0.494 bits per heavy atom. The predicted octanol–water partition coefficient (Wildman–Crippen LogP) is -5.52. The lowest BCUT2D eigenvalue weighted by Gasteiger charge is -2.31. The van der Waals surface area contributed by atoms with E-state index in [-0.39, 0.29) is 37.6 Å². The van der Waals surface area contributed by atoms with Crippen LogP contribution in [0.2, 0.25) is 0 Å². The molecule has 1 heterocycles. The highest BCUT2D eigenvalue weighted by Gasteiger charge is 2.41. The molecule has 0 aromatic rings. The molecular weight excluding hydrogens is 1130 g/mol. The highest BCUT2D eigenvalue weighted by Crippen LogP contribution is 2.21. The van der Waals surface area contributed by atoms with Crippen LogP contribution in [0.4, 0.5) is 0 Å². The average molecular weight is 1220 g/mol. The molecule has 1 aliphatic rings. The lowest BCUT2D eigenvalue weighted by Crippen LogP contribution is -2.63. The van der Waals surface area contributed by atoms with E-state index in [0.29, 0.717) is 6.42 Å². The summed E-state index contributed by atoms with van der Waals surface area (Å²) in [7, 11) is 0. The second-order valence-electron chi connectivity index (χ2n) is 22.1. The van der Waals surface area contributed by atoms with Gasteiger partial charge in [0.1, 0.15) is 54.4 Å². The number of nitrogens with two attached hydrogens (primary N) is 1. The van der Waals surface area contributed by atoms with E-state index in [1.165, 1.54) is 18.7 Å². The summed E-state index contributed by atoms with van der Waals surface area (Å²) in [4.78, 5) is 193. The quantitative estimate of drug-likeness (QED) is 0.0274. The Morgan fingerprint density at radius 3 is 1.42 bits per heavy atom. The van der Waals surface area contributed by atoms with Crippen molar-refractivity contribution in [2.45, 2.75) is 187 Å². The fourth-order valence-corrected chi connectivity index (χ4v) is 8.51. The van der Waals surface area contributed by atoms with Gasteiger partial charge in [0.05, 0.1) is 38.3 Å². The molecule has 1 rings (SSSR count). The van der Waals surface area contributed by atoms with Crippen molar-refractivity contribution in [3.8, 4) is 0 Å². The molecule has 0 aromatic carbocycles. The van der Waals surface area contributed by atoms with Gasteiger partial charge in [0.2, 0.25) is 65.0 Å². The van der Waals surface area contributed by atoms with E-state index in [0.717, 1.165) is 6.92 Å². The first-order valence-electron chi connectivity index (χ1n) is 27.7. The molecule has 1 saturated heterocycles. The standard InChI is InChI=1S/C52H86N12O21/c1-23(2)17-31(58-43(75)28(53)19-39(73)74)45(77)61-41(26(7)8)49(81)63-42(27(9)66)50(82)62-40(25(5)6)48(80)60-33(22-65)46(78)59-32(18-24(3)4)51(83)64-16-10-11-34(64)47(79)55-20-35(67)54-21-36(68)56-29(12-14-37(69)70)44(76)57-30(52(84)85)13-15-38(71)72/h23-34,40-42,65-66H,10-22,53H2,1-9H3,(H,54,67)(H,55,79)(H,56,68)(H,57,76)(H,58,75)(H,59,78)(H,60,80)(H,61,77)(H,62,82)(H,63,81)(H,69,70)(H,71,72)(H,73,74)(H,84,85)/t27-,28+,29+,30+,31+,32+,33+,34+,40+,41+,42+/m1/s1. The van der Waals surface area contributed by atoms with Gasteiger partial charge >= 0.3 is 23.9 Å². The zero-order valence-corrected chi connectivity index (χ0v) is 49.2. The van der Waals surface area contributed by atoms with E-state index in [1.807, 2.05) is 5.32 Å². The van der Waals surface area contributed by atoms with Crippen molar-refractivity contribution in [2.75, 3.05) is 26.2 Å². The summed E-state index contributed by atoms with van der Waals surface area (Å²) in [5.41, 5.74) is 5.69. The van der Waals surface area contributed by atoms with Crippen molar-refractivity contribution in [2.24, 2.45) is 29.4 Å². The van der Waals surface area contributed by atoms with Gasteiger partial charge in [-0.2, -0.15) is 0 Å². The number of rotatable bonds is 38. The van der Waals surface area contributed by atoms with Crippen LogP contribution in [0.3, 0.4) is 0 Å².